The van der Waals surface area contributed by atoms with E-state index in [4.69, 9.17) is 0 Å². The monoisotopic (exact) mass is 341 g/mol. The average molecular weight is 341 g/mol. The van der Waals surface area contributed by atoms with Crippen LogP contribution in [0.3, 0.4) is 0 Å². The molecule has 0 N–H and O–H groups in total. The van der Waals surface area contributed by atoms with E-state index >= 15 is 0 Å². The van der Waals surface area contributed by atoms with Crippen molar-refractivity contribution >= 4 is 16.7 Å². The molecule has 4 aromatic rings. The van der Waals surface area contributed by atoms with Crippen molar-refractivity contribution < 1.29 is 9.90 Å². The molecule has 0 aliphatic heterocycles. The third kappa shape index (κ3) is 2.65. The van der Waals surface area contributed by atoms with Crippen molar-refractivity contribution in [3.8, 4) is 16.9 Å². The summed E-state index contributed by atoms with van der Waals surface area (Å²) < 4.78 is 1.30. The molecule has 0 aliphatic rings. The number of carboxylic acid groups (broad SMARTS) is 1. The van der Waals surface area contributed by atoms with Gasteiger partial charge in [-0.3, -0.25) is 4.79 Å². The van der Waals surface area contributed by atoms with Gasteiger partial charge in [0.05, 0.1) is 22.7 Å². The topological polar surface area (TPSA) is 75.0 Å². The van der Waals surface area contributed by atoms with Crippen LogP contribution in [0.4, 0.5) is 0 Å². The fraction of sp³-hybridized carbons (Fsp3) is 0. The molecule has 0 saturated heterocycles. The molecule has 0 fully saturated rings. The molecular weight excluding hydrogens is 328 g/mol. The number of hydrogen-bond acceptors (Lipinski definition) is 4. The first-order valence-corrected chi connectivity index (χ1v) is 8.04. The Kier molecular flexibility index (Phi) is 3.82. The van der Waals surface area contributed by atoms with E-state index in [9.17, 15) is 14.7 Å². The Bertz CT molecular complexity index is 1160. The van der Waals surface area contributed by atoms with E-state index in [0.717, 1.165) is 10.9 Å². The molecule has 5 heteroatoms. The van der Waals surface area contributed by atoms with E-state index in [1.807, 2.05) is 48.5 Å². The SMILES string of the molecule is O=C([O-])c1ccc(-n2nc(-c3ccccc3)c3ccccc3c2=O)cc1. The summed E-state index contributed by atoms with van der Waals surface area (Å²) in [7, 11) is 0. The van der Waals surface area contributed by atoms with E-state index in [1.54, 1.807) is 18.2 Å². The maximum Gasteiger partial charge on any atom is 0.279 e. The Morgan fingerprint density at radius 2 is 1.42 bits per heavy atom. The second kappa shape index (κ2) is 6.29. The zero-order valence-corrected chi connectivity index (χ0v) is 13.6. The van der Waals surface area contributed by atoms with Crippen LogP contribution in [0.5, 0.6) is 0 Å². The summed E-state index contributed by atoms with van der Waals surface area (Å²) in [5, 5.41) is 16.8. The first-order valence-electron chi connectivity index (χ1n) is 8.04. The number of carboxylic acids is 1. The van der Waals surface area contributed by atoms with E-state index in [1.165, 1.54) is 16.8 Å². The third-order valence-corrected chi connectivity index (χ3v) is 4.20. The van der Waals surface area contributed by atoms with Crippen molar-refractivity contribution in [2.45, 2.75) is 0 Å². The minimum absolute atomic E-state index is 0.0471. The van der Waals surface area contributed by atoms with E-state index in [-0.39, 0.29) is 11.1 Å². The van der Waals surface area contributed by atoms with Gasteiger partial charge in [0.2, 0.25) is 0 Å². The van der Waals surface area contributed by atoms with Crippen LogP contribution in [0.2, 0.25) is 0 Å². The zero-order valence-electron chi connectivity index (χ0n) is 13.6. The summed E-state index contributed by atoms with van der Waals surface area (Å²) in [4.78, 5) is 23.8. The lowest BCUT2D eigenvalue weighted by Crippen LogP contribution is -2.24. The summed E-state index contributed by atoms with van der Waals surface area (Å²) in [5.41, 5.74) is 1.85. The fourth-order valence-corrected chi connectivity index (χ4v) is 2.91. The Labute approximate surface area is 148 Å². The van der Waals surface area contributed by atoms with Crippen LogP contribution >= 0.6 is 0 Å². The zero-order chi connectivity index (χ0) is 18.1. The molecule has 26 heavy (non-hydrogen) atoms. The van der Waals surface area contributed by atoms with Crippen LogP contribution in [0, 0.1) is 0 Å². The number of hydrogen-bond donors (Lipinski definition) is 0. The number of aromatic nitrogens is 2. The van der Waals surface area contributed by atoms with Gasteiger partial charge in [-0.1, -0.05) is 60.7 Å². The summed E-state index contributed by atoms with van der Waals surface area (Å²) in [5.74, 6) is -1.26. The first-order chi connectivity index (χ1) is 12.6. The molecule has 0 atom stereocenters. The number of aromatic carboxylic acids is 1. The Hall–Kier alpha value is -3.73. The molecular formula is C21H13N2O3-. The molecule has 1 heterocycles. The van der Waals surface area contributed by atoms with Crippen LogP contribution in [-0.4, -0.2) is 15.7 Å². The second-order valence-electron chi connectivity index (χ2n) is 5.81. The molecule has 0 saturated carbocycles. The Balaban J connectivity index is 2.00. The molecule has 0 amide bonds. The second-order valence-corrected chi connectivity index (χ2v) is 5.81. The first kappa shape index (κ1) is 15.8. The summed E-state index contributed by atoms with van der Waals surface area (Å²) in [6.07, 6.45) is 0. The van der Waals surface area contributed by atoms with Crippen molar-refractivity contribution in [3.05, 3.63) is 94.8 Å². The average Bonchev–Trinajstić information content (AvgIpc) is 2.69. The van der Waals surface area contributed by atoms with E-state index < -0.39 is 5.97 Å². The third-order valence-electron chi connectivity index (χ3n) is 4.20. The molecule has 0 spiro atoms. The van der Waals surface area contributed by atoms with Crippen LogP contribution in [0.1, 0.15) is 10.4 Å². The highest BCUT2D eigenvalue weighted by atomic mass is 16.4. The molecule has 0 aliphatic carbocycles. The van der Waals surface area contributed by atoms with Crippen molar-refractivity contribution in [1.29, 1.82) is 0 Å². The molecule has 3 aromatic carbocycles. The summed E-state index contributed by atoms with van der Waals surface area (Å²) >= 11 is 0. The van der Waals surface area contributed by atoms with Crippen molar-refractivity contribution in [2.24, 2.45) is 0 Å². The standard InChI is InChI=1S/C21H14N2O3/c24-20-18-9-5-4-8-17(18)19(14-6-2-1-3-7-14)22-23(20)16-12-10-15(11-13-16)21(25)26/h1-13H,(H,25,26)/p-1. The maximum atomic E-state index is 12.9. The van der Waals surface area contributed by atoms with Gasteiger partial charge in [-0.15, -0.1) is 0 Å². The lowest BCUT2D eigenvalue weighted by Gasteiger charge is -2.12. The predicted molar refractivity (Wildman–Crippen MR) is 97.1 cm³/mol. The number of benzene rings is 3. The number of rotatable bonds is 3. The molecule has 0 radical (unpaired) electrons. The van der Waals surface area contributed by atoms with Crippen LogP contribution in [-0.2, 0) is 0 Å². The molecule has 4 rings (SSSR count). The van der Waals surface area contributed by atoms with Gasteiger partial charge in [0.15, 0.2) is 0 Å². The van der Waals surface area contributed by atoms with Crippen LogP contribution < -0.4 is 10.7 Å². The van der Waals surface area contributed by atoms with Gasteiger partial charge in [-0.25, -0.2) is 0 Å². The number of carbonyl (C=O) groups excluding carboxylic acids is 1. The molecule has 0 bridgehead atoms. The minimum Gasteiger partial charge on any atom is -0.545 e. The van der Waals surface area contributed by atoms with E-state index in [0.29, 0.717) is 16.8 Å². The molecule has 0 unspecified atom stereocenters. The van der Waals surface area contributed by atoms with Crippen molar-refractivity contribution in [2.75, 3.05) is 0 Å². The highest BCUT2D eigenvalue weighted by Gasteiger charge is 2.13. The van der Waals surface area contributed by atoms with Crippen LogP contribution in [0.15, 0.2) is 83.7 Å². The minimum atomic E-state index is -1.26. The van der Waals surface area contributed by atoms with Gasteiger partial charge in [-0.2, -0.15) is 9.78 Å². The number of nitrogens with zero attached hydrogens (tertiary/aromatic N) is 2. The van der Waals surface area contributed by atoms with Gasteiger partial charge < -0.3 is 9.90 Å². The van der Waals surface area contributed by atoms with Crippen LogP contribution in [0.25, 0.3) is 27.7 Å². The number of carbonyl (C=O) groups is 1. The summed E-state index contributed by atoms with van der Waals surface area (Å²) in [6.45, 7) is 0. The lowest BCUT2D eigenvalue weighted by molar-refractivity contribution is -0.255. The highest BCUT2D eigenvalue weighted by Crippen LogP contribution is 2.25. The van der Waals surface area contributed by atoms with Gasteiger partial charge in [0.25, 0.3) is 5.56 Å². The summed E-state index contributed by atoms with van der Waals surface area (Å²) in [6, 6.07) is 22.8. The van der Waals surface area contributed by atoms with Gasteiger partial charge in [-0.05, 0) is 23.8 Å². The van der Waals surface area contributed by atoms with E-state index in [2.05, 4.69) is 5.10 Å². The molecule has 5 nitrogen and oxygen atoms in total. The maximum absolute atomic E-state index is 12.9. The lowest BCUT2D eigenvalue weighted by atomic mass is 10.1. The van der Waals surface area contributed by atoms with Gasteiger partial charge in [0.1, 0.15) is 0 Å². The number of fused-ring (bicyclic) bond motifs is 1. The van der Waals surface area contributed by atoms with Crippen molar-refractivity contribution in [1.82, 2.24) is 9.78 Å². The highest BCUT2D eigenvalue weighted by molar-refractivity contribution is 5.94. The Morgan fingerprint density at radius 3 is 2.08 bits per heavy atom. The molecule has 126 valence electrons. The Morgan fingerprint density at radius 1 is 0.808 bits per heavy atom. The fourth-order valence-electron chi connectivity index (χ4n) is 2.91. The quantitative estimate of drug-likeness (QED) is 0.573. The normalized spacial score (nSPS) is 10.8. The predicted octanol–water partition coefficient (Wildman–Crippen LogP) is 2.42. The smallest absolute Gasteiger partial charge is 0.279 e. The molecule has 1 aromatic heterocycles. The van der Waals surface area contributed by atoms with Gasteiger partial charge in [0, 0.05) is 10.9 Å². The largest absolute Gasteiger partial charge is 0.545 e. The van der Waals surface area contributed by atoms with Crippen molar-refractivity contribution in [3.63, 3.8) is 0 Å². The van der Waals surface area contributed by atoms with Gasteiger partial charge >= 0.3 is 0 Å².